The van der Waals surface area contributed by atoms with E-state index in [1.165, 1.54) is 0 Å². The summed E-state index contributed by atoms with van der Waals surface area (Å²) in [6, 6.07) is 11.6. The minimum atomic E-state index is 0.665. The van der Waals surface area contributed by atoms with Gasteiger partial charge in [-0.25, -0.2) is 9.97 Å². The van der Waals surface area contributed by atoms with Gasteiger partial charge in [-0.3, -0.25) is 4.98 Å². The van der Waals surface area contributed by atoms with Crippen molar-refractivity contribution in [3.8, 4) is 0 Å². The smallest absolute Gasteiger partial charge is 0.196 e. The van der Waals surface area contributed by atoms with Crippen molar-refractivity contribution in [2.24, 2.45) is 0 Å². The molecule has 0 aliphatic rings. The van der Waals surface area contributed by atoms with Gasteiger partial charge in [-0.1, -0.05) is 12.1 Å². The minimum absolute atomic E-state index is 0.665. The zero-order valence-electron chi connectivity index (χ0n) is 11.4. The number of fused-ring (bicyclic) bond motifs is 3. The third kappa shape index (κ3) is 1.99. The van der Waals surface area contributed by atoms with Gasteiger partial charge in [-0.05, 0) is 31.2 Å². The van der Waals surface area contributed by atoms with Gasteiger partial charge < -0.3 is 9.73 Å². The lowest BCUT2D eigenvalue weighted by atomic mass is 10.2. The average molecular weight is 276 g/mol. The van der Waals surface area contributed by atoms with Crippen LogP contribution >= 0.6 is 0 Å². The first-order chi connectivity index (χ1) is 10.3. The SMILES string of the molecule is Cc1nc(Nc2ccncc2)c2oc3ccccc3c2n1. The highest BCUT2D eigenvalue weighted by molar-refractivity contribution is 6.05. The first-order valence-electron chi connectivity index (χ1n) is 6.64. The summed E-state index contributed by atoms with van der Waals surface area (Å²) in [5.74, 6) is 1.37. The molecule has 0 unspecified atom stereocenters. The average Bonchev–Trinajstić information content (AvgIpc) is 2.87. The number of rotatable bonds is 2. The molecule has 0 spiro atoms. The zero-order chi connectivity index (χ0) is 14.2. The summed E-state index contributed by atoms with van der Waals surface area (Å²) in [6.07, 6.45) is 3.46. The third-order valence-electron chi connectivity index (χ3n) is 3.27. The Morgan fingerprint density at radius 3 is 2.67 bits per heavy atom. The fourth-order valence-corrected chi connectivity index (χ4v) is 2.36. The first kappa shape index (κ1) is 11.8. The van der Waals surface area contributed by atoms with E-state index in [2.05, 4.69) is 20.3 Å². The maximum atomic E-state index is 5.91. The Morgan fingerprint density at radius 2 is 1.81 bits per heavy atom. The number of pyridine rings is 1. The van der Waals surface area contributed by atoms with E-state index in [-0.39, 0.29) is 0 Å². The van der Waals surface area contributed by atoms with Crippen molar-refractivity contribution in [1.82, 2.24) is 15.0 Å². The van der Waals surface area contributed by atoms with E-state index in [0.717, 1.165) is 22.2 Å². The van der Waals surface area contributed by atoms with Crippen LogP contribution in [-0.4, -0.2) is 15.0 Å². The Labute approximate surface area is 120 Å². The van der Waals surface area contributed by atoms with E-state index in [1.54, 1.807) is 12.4 Å². The van der Waals surface area contributed by atoms with Crippen LogP contribution in [0.2, 0.25) is 0 Å². The van der Waals surface area contributed by atoms with Gasteiger partial charge >= 0.3 is 0 Å². The van der Waals surface area contributed by atoms with Crippen molar-refractivity contribution >= 4 is 33.6 Å². The van der Waals surface area contributed by atoms with Crippen molar-refractivity contribution in [3.05, 3.63) is 54.6 Å². The molecule has 4 rings (SSSR count). The van der Waals surface area contributed by atoms with Crippen LogP contribution in [0.15, 0.2) is 53.2 Å². The number of nitrogens with zero attached hydrogens (tertiary/aromatic N) is 3. The normalized spacial score (nSPS) is 11.1. The fraction of sp³-hybridized carbons (Fsp3) is 0.0625. The van der Waals surface area contributed by atoms with Crippen LogP contribution in [0.25, 0.3) is 22.1 Å². The van der Waals surface area contributed by atoms with Crippen LogP contribution in [0.4, 0.5) is 11.5 Å². The number of nitrogens with one attached hydrogen (secondary N) is 1. The lowest BCUT2D eigenvalue weighted by Gasteiger charge is -2.06. The summed E-state index contributed by atoms with van der Waals surface area (Å²) < 4.78 is 5.91. The van der Waals surface area contributed by atoms with Crippen LogP contribution in [0.3, 0.4) is 0 Å². The van der Waals surface area contributed by atoms with Crippen LogP contribution in [0.5, 0.6) is 0 Å². The summed E-state index contributed by atoms with van der Waals surface area (Å²) in [5.41, 5.74) is 3.21. The second kappa shape index (κ2) is 4.56. The Balaban J connectivity index is 1.96. The monoisotopic (exact) mass is 276 g/mol. The number of aromatic nitrogens is 3. The van der Waals surface area contributed by atoms with Gasteiger partial charge in [0.25, 0.3) is 0 Å². The van der Waals surface area contributed by atoms with Crippen molar-refractivity contribution in [2.75, 3.05) is 5.32 Å². The van der Waals surface area contributed by atoms with E-state index < -0.39 is 0 Å². The molecule has 0 aliphatic heterocycles. The molecule has 0 amide bonds. The molecule has 4 aromatic rings. The predicted molar refractivity (Wildman–Crippen MR) is 81.6 cm³/mol. The summed E-state index contributed by atoms with van der Waals surface area (Å²) in [7, 11) is 0. The quantitative estimate of drug-likeness (QED) is 0.603. The number of para-hydroxylation sites is 1. The van der Waals surface area contributed by atoms with Gasteiger partial charge in [-0.15, -0.1) is 0 Å². The van der Waals surface area contributed by atoms with E-state index in [0.29, 0.717) is 17.2 Å². The van der Waals surface area contributed by atoms with E-state index >= 15 is 0 Å². The Hall–Kier alpha value is -2.95. The number of anilines is 2. The van der Waals surface area contributed by atoms with Gasteiger partial charge in [-0.2, -0.15) is 0 Å². The molecular weight excluding hydrogens is 264 g/mol. The van der Waals surface area contributed by atoms with Crippen molar-refractivity contribution in [3.63, 3.8) is 0 Å². The van der Waals surface area contributed by atoms with E-state index in [4.69, 9.17) is 4.42 Å². The van der Waals surface area contributed by atoms with Gasteiger partial charge in [0.2, 0.25) is 0 Å². The van der Waals surface area contributed by atoms with Gasteiger partial charge in [0, 0.05) is 23.5 Å². The molecule has 5 heteroatoms. The number of benzene rings is 1. The summed E-state index contributed by atoms with van der Waals surface area (Å²) >= 11 is 0. The molecule has 0 saturated heterocycles. The van der Waals surface area contributed by atoms with E-state index in [9.17, 15) is 0 Å². The molecule has 1 aromatic carbocycles. The van der Waals surface area contributed by atoms with Crippen LogP contribution in [0, 0.1) is 6.92 Å². The van der Waals surface area contributed by atoms with Crippen molar-refractivity contribution in [1.29, 1.82) is 0 Å². The predicted octanol–water partition coefficient (Wildman–Crippen LogP) is 3.82. The molecule has 1 N–H and O–H groups in total. The molecule has 3 heterocycles. The van der Waals surface area contributed by atoms with Crippen molar-refractivity contribution < 1.29 is 4.42 Å². The highest BCUT2D eigenvalue weighted by Crippen LogP contribution is 2.32. The molecule has 21 heavy (non-hydrogen) atoms. The number of aryl methyl sites for hydroxylation is 1. The number of hydrogen-bond acceptors (Lipinski definition) is 5. The molecule has 0 fully saturated rings. The lowest BCUT2D eigenvalue weighted by Crippen LogP contribution is -1.97. The molecule has 0 saturated carbocycles. The highest BCUT2D eigenvalue weighted by Gasteiger charge is 2.14. The van der Waals surface area contributed by atoms with Crippen LogP contribution in [-0.2, 0) is 0 Å². The summed E-state index contributed by atoms with van der Waals surface area (Å²) in [5, 5.41) is 4.26. The molecular formula is C16H12N4O. The minimum Gasteiger partial charge on any atom is -0.450 e. The first-order valence-corrected chi connectivity index (χ1v) is 6.64. The Kier molecular flexibility index (Phi) is 2.57. The Morgan fingerprint density at radius 1 is 1.00 bits per heavy atom. The largest absolute Gasteiger partial charge is 0.450 e. The molecule has 5 nitrogen and oxygen atoms in total. The molecule has 0 bridgehead atoms. The number of furan rings is 1. The standard InChI is InChI=1S/C16H12N4O/c1-10-18-14-12-4-2-3-5-13(12)21-15(14)16(19-10)20-11-6-8-17-9-7-11/h2-9H,1H3,(H,17,18,19,20). The van der Waals surface area contributed by atoms with Crippen LogP contribution in [0.1, 0.15) is 5.82 Å². The maximum Gasteiger partial charge on any atom is 0.196 e. The Bertz CT molecular complexity index is 931. The molecule has 0 atom stereocenters. The second-order valence-corrected chi connectivity index (χ2v) is 4.76. The van der Waals surface area contributed by atoms with Gasteiger partial charge in [0.05, 0.1) is 0 Å². The summed E-state index contributed by atoms with van der Waals surface area (Å²) in [6.45, 7) is 1.87. The van der Waals surface area contributed by atoms with E-state index in [1.807, 2.05) is 43.3 Å². The lowest BCUT2D eigenvalue weighted by molar-refractivity contribution is 0.666. The molecule has 3 aromatic heterocycles. The fourth-order valence-electron chi connectivity index (χ4n) is 2.36. The molecule has 0 aliphatic carbocycles. The van der Waals surface area contributed by atoms with Crippen molar-refractivity contribution in [2.45, 2.75) is 6.92 Å². The molecule has 102 valence electrons. The van der Waals surface area contributed by atoms with Gasteiger partial charge in [0.15, 0.2) is 11.4 Å². The highest BCUT2D eigenvalue weighted by atomic mass is 16.3. The molecule has 0 radical (unpaired) electrons. The van der Waals surface area contributed by atoms with Gasteiger partial charge in [0.1, 0.15) is 16.9 Å². The third-order valence-corrected chi connectivity index (χ3v) is 3.27. The van der Waals surface area contributed by atoms with Crippen LogP contribution < -0.4 is 5.32 Å². The summed E-state index contributed by atoms with van der Waals surface area (Å²) in [4.78, 5) is 13.0. The second-order valence-electron chi connectivity index (χ2n) is 4.76. The topological polar surface area (TPSA) is 63.8 Å². The maximum absolute atomic E-state index is 5.91. The zero-order valence-corrected chi connectivity index (χ0v) is 11.4. The number of hydrogen-bond donors (Lipinski definition) is 1.